The minimum atomic E-state index is -0.350. The molecule has 108 valence electrons. The Morgan fingerprint density at radius 3 is 2.70 bits per heavy atom. The van der Waals surface area contributed by atoms with Crippen LogP contribution in [0.5, 0.6) is 0 Å². The summed E-state index contributed by atoms with van der Waals surface area (Å²) in [5.74, 6) is 1.33. The van der Waals surface area contributed by atoms with Crippen LogP contribution in [-0.2, 0) is 6.42 Å². The van der Waals surface area contributed by atoms with E-state index >= 15 is 0 Å². The van der Waals surface area contributed by atoms with Gasteiger partial charge in [0.25, 0.3) is 0 Å². The number of benzene rings is 1. The molecule has 1 atom stereocenters. The molecule has 0 saturated heterocycles. The lowest BCUT2D eigenvalue weighted by atomic mass is 9.94. The number of nitrogens with two attached hydrogens (primary N) is 1. The van der Waals surface area contributed by atoms with Crippen LogP contribution in [0.25, 0.3) is 11.4 Å². The predicted molar refractivity (Wildman–Crippen MR) is 75.4 cm³/mol. The highest BCUT2D eigenvalue weighted by atomic mass is 19.1. The van der Waals surface area contributed by atoms with Crippen molar-refractivity contribution >= 4 is 0 Å². The second kappa shape index (κ2) is 6.61. The van der Waals surface area contributed by atoms with E-state index in [9.17, 15) is 4.39 Å². The van der Waals surface area contributed by atoms with Crippen molar-refractivity contribution in [2.45, 2.75) is 26.7 Å². The number of halogens is 1. The minimum absolute atomic E-state index is 0.290. The van der Waals surface area contributed by atoms with Gasteiger partial charge in [-0.25, -0.2) is 4.39 Å². The second-order valence-electron chi connectivity index (χ2n) is 5.43. The molecule has 20 heavy (non-hydrogen) atoms. The topological polar surface area (TPSA) is 64.9 Å². The molecule has 0 spiro atoms. The first-order valence-electron chi connectivity index (χ1n) is 6.87. The third-order valence-electron chi connectivity index (χ3n) is 3.18. The smallest absolute Gasteiger partial charge is 0.227 e. The van der Waals surface area contributed by atoms with Crippen molar-refractivity contribution in [2.24, 2.45) is 17.6 Å². The van der Waals surface area contributed by atoms with Gasteiger partial charge in [-0.3, -0.25) is 0 Å². The summed E-state index contributed by atoms with van der Waals surface area (Å²) < 4.78 is 18.8. The van der Waals surface area contributed by atoms with Gasteiger partial charge in [-0.2, -0.15) is 4.98 Å². The maximum absolute atomic E-state index is 13.6. The fourth-order valence-electron chi connectivity index (χ4n) is 2.27. The van der Waals surface area contributed by atoms with Gasteiger partial charge in [-0.1, -0.05) is 31.1 Å². The first-order valence-corrected chi connectivity index (χ1v) is 6.87. The Labute approximate surface area is 118 Å². The summed E-state index contributed by atoms with van der Waals surface area (Å²) in [6.45, 7) is 4.89. The van der Waals surface area contributed by atoms with Crippen LogP contribution >= 0.6 is 0 Å². The van der Waals surface area contributed by atoms with Crippen molar-refractivity contribution in [1.82, 2.24) is 10.1 Å². The Balaban J connectivity index is 2.11. The van der Waals surface area contributed by atoms with Gasteiger partial charge in [-0.05, 0) is 36.9 Å². The molecule has 2 aromatic rings. The van der Waals surface area contributed by atoms with Crippen molar-refractivity contribution in [2.75, 3.05) is 6.54 Å². The number of hydrogen-bond donors (Lipinski definition) is 1. The molecule has 5 heteroatoms. The highest BCUT2D eigenvalue weighted by Crippen LogP contribution is 2.21. The summed E-state index contributed by atoms with van der Waals surface area (Å²) in [5, 5.41) is 3.85. The lowest BCUT2D eigenvalue weighted by Crippen LogP contribution is -2.19. The van der Waals surface area contributed by atoms with E-state index in [0.717, 1.165) is 6.42 Å². The summed E-state index contributed by atoms with van der Waals surface area (Å²) in [4.78, 5) is 4.26. The molecule has 1 aromatic heterocycles. The lowest BCUT2D eigenvalue weighted by Gasteiger charge is -2.14. The Hall–Kier alpha value is -1.75. The molecule has 2 rings (SSSR count). The third kappa shape index (κ3) is 3.63. The van der Waals surface area contributed by atoms with Gasteiger partial charge in [0, 0.05) is 6.42 Å². The number of hydrogen-bond acceptors (Lipinski definition) is 4. The number of rotatable bonds is 6. The van der Waals surface area contributed by atoms with Crippen molar-refractivity contribution in [3.63, 3.8) is 0 Å². The number of aromatic nitrogens is 2. The van der Waals surface area contributed by atoms with Crippen LogP contribution in [0.2, 0.25) is 0 Å². The third-order valence-corrected chi connectivity index (χ3v) is 3.18. The van der Waals surface area contributed by atoms with E-state index in [0.29, 0.717) is 42.1 Å². The summed E-state index contributed by atoms with van der Waals surface area (Å²) in [5.41, 5.74) is 6.12. The molecule has 0 amide bonds. The predicted octanol–water partition coefficient (Wildman–Crippen LogP) is 3.04. The molecule has 0 aliphatic rings. The summed E-state index contributed by atoms with van der Waals surface area (Å²) >= 11 is 0. The van der Waals surface area contributed by atoms with E-state index < -0.39 is 0 Å². The Morgan fingerprint density at radius 1 is 1.30 bits per heavy atom. The van der Waals surface area contributed by atoms with E-state index in [4.69, 9.17) is 10.3 Å². The SMILES string of the molecule is CC(C)CC(CN)Cc1nc(-c2ccccc2F)no1. The van der Waals surface area contributed by atoms with Gasteiger partial charge in [-0.15, -0.1) is 0 Å². The standard InChI is InChI=1S/C15H20FN3O/c1-10(2)7-11(9-17)8-14-18-15(19-20-14)12-5-3-4-6-13(12)16/h3-6,10-11H,7-9,17H2,1-2H3. The first kappa shape index (κ1) is 14.7. The zero-order valence-corrected chi connectivity index (χ0v) is 11.8. The van der Waals surface area contributed by atoms with Crippen molar-refractivity contribution < 1.29 is 8.91 Å². The number of nitrogens with zero attached hydrogens (tertiary/aromatic N) is 2. The molecule has 4 nitrogen and oxygen atoms in total. The van der Waals surface area contributed by atoms with Crippen LogP contribution < -0.4 is 5.73 Å². The van der Waals surface area contributed by atoms with Gasteiger partial charge in [0.2, 0.25) is 11.7 Å². The Morgan fingerprint density at radius 2 is 2.05 bits per heavy atom. The van der Waals surface area contributed by atoms with E-state index in [1.54, 1.807) is 18.2 Å². The van der Waals surface area contributed by atoms with Crippen LogP contribution in [0, 0.1) is 17.7 Å². The molecule has 1 aromatic carbocycles. The summed E-state index contributed by atoms with van der Waals surface area (Å²) in [7, 11) is 0. The largest absolute Gasteiger partial charge is 0.339 e. The molecule has 0 aliphatic carbocycles. The summed E-state index contributed by atoms with van der Waals surface area (Å²) in [6, 6.07) is 6.40. The molecule has 0 radical (unpaired) electrons. The average molecular weight is 277 g/mol. The van der Waals surface area contributed by atoms with Crippen LogP contribution in [0.4, 0.5) is 4.39 Å². The molecule has 0 bridgehead atoms. The Bertz CT molecular complexity index is 554. The quantitative estimate of drug-likeness (QED) is 0.881. The van der Waals surface area contributed by atoms with E-state index in [2.05, 4.69) is 24.0 Å². The van der Waals surface area contributed by atoms with Crippen molar-refractivity contribution in [3.05, 3.63) is 36.0 Å². The van der Waals surface area contributed by atoms with Crippen LogP contribution in [0.15, 0.2) is 28.8 Å². The molecule has 0 fully saturated rings. The van der Waals surface area contributed by atoms with E-state index in [-0.39, 0.29) is 5.82 Å². The minimum Gasteiger partial charge on any atom is -0.339 e. The van der Waals surface area contributed by atoms with Crippen molar-refractivity contribution in [1.29, 1.82) is 0 Å². The fraction of sp³-hybridized carbons (Fsp3) is 0.467. The molecular formula is C15H20FN3O. The van der Waals surface area contributed by atoms with Gasteiger partial charge in [0.1, 0.15) is 5.82 Å². The zero-order chi connectivity index (χ0) is 14.5. The maximum Gasteiger partial charge on any atom is 0.227 e. The molecule has 0 aliphatic heterocycles. The monoisotopic (exact) mass is 277 g/mol. The molecule has 1 heterocycles. The second-order valence-corrected chi connectivity index (χ2v) is 5.43. The zero-order valence-electron chi connectivity index (χ0n) is 11.8. The van der Waals surface area contributed by atoms with Gasteiger partial charge >= 0.3 is 0 Å². The van der Waals surface area contributed by atoms with Crippen LogP contribution in [0.1, 0.15) is 26.2 Å². The summed E-state index contributed by atoms with van der Waals surface area (Å²) in [6.07, 6.45) is 1.64. The fourth-order valence-corrected chi connectivity index (χ4v) is 2.27. The highest BCUT2D eigenvalue weighted by Gasteiger charge is 2.16. The normalized spacial score (nSPS) is 12.8. The molecular weight excluding hydrogens is 257 g/mol. The van der Waals surface area contributed by atoms with Gasteiger partial charge in [0.15, 0.2) is 0 Å². The highest BCUT2D eigenvalue weighted by molar-refractivity contribution is 5.54. The molecule has 0 saturated carbocycles. The molecule has 2 N–H and O–H groups in total. The molecule has 1 unspecified atom stereocenters. The van der Waals surface area contributed by atoms with Crippen LogP contribution in [0.3, 0.4) is 0 Å². The van der Waals surface area contributed by atoms with E-state index in [1.807, 2.05) is 0 Å². The van der Waals surface area contributed by atoms with Crippen LogP contribution in [-0.4, -0.2) is 16.7 Å². The van der Waals surface area contributed by atoms with E-state index in [1.165, 1.54) is 6.07 Å². The first-order chi connectivity index (χ1) is 9.60. The maximum atomic E-state index is 13.6. The Kier molecular flexibility index (Phi) is 4.84. The van der Waals surface area contributed by atoms with Crippen molar-refractivity contribution in [3.8, 4) is 11.4 Å². The van der Waals surface area contributed by atoms with Gasteiger partial charge < -0.3 is 10.3 Å². The average Bonchev–Trinajstić information content (AvgIpc) is 2.86. The van der Waals surface area contributed by atoms with Gasteiger partial charge in [0.05, 0.1) is 5.56 Å². The lowest BCUT2D eigenvalue weighted by molar-refractivity contribution is 0.332.